The molecule has 4 nitrogen and oxygen atoms in total. The van der Waals surface area contributed by atoms with Gasteiger partial charge in [-0.15, -0.1) is 0 Å². The standard InChI is InChI=1S/C13H18N4S/c1-2-4-13(5-3-6-14-9-13)12-17-10-11(18-12)16-8-7-15-10/h7-8,14H,2-6,9H2,1H3. The van der Waals surface area contributed by atoms with Crippen LogP contribution in [0, 0.1) is 0 Å². The fourth-order valence-electron chi connectivity index (χ4n) is 2.85. The summed E-state index contributed by atoms with van der Waals surface area (Å²) < 4.78 is 0. The highest BCUT2D eigenvalue weighted by atomic mass is 32.1. The summed E-state index contributed by atoms with van der Waals surface area (Å²) in [6, 6.07) is 0. The summed E-state index contributed by atoms with van der Waals surface area (Å²) in [7, 11) is 0. The van der Waals surface area contributed by atoms with Gasteiger partial charge < -0.3 is 5.32 Å². The van der Waals surface area contributed by atoms with Crippen LogP contribution in [0.25, 0.3) is 10.5 Å². The second kappa shape index (κ2) is 4.90. The van der Waals surface area contributed by atoms with E-state index < -0.39 is 0 Å². The summed E-state index contributed by atoms with van der Waals surface area (Å²) in [5.41, 5.74) is 1.01. The minimum atomic E-state index is 0.208. The van der Waals surface area contributed by atoms with Crippen LogP contribution in [0.15, 0.2) is 12.4 Å². The average Bonchev–Trinajstić information content (AvgIpc) is 2.84. The van der Waals surface area contributed by atoms with Crippen molar-refractivity contribution in [3.05, 3.63) is 17.4 Å². The Bertz CT molecular complexity index is 492. The number of hydrogen-bond donors (Lipinski definition) is 1. The fourth-order valence-corrected chi connectivity index (χ4v) is 3.96. The summed E-state index contributed by atoms with van der Waals surface area (Å²) in [4.78, 5) is 14.4. The summed E-state index contributed by atoms with van der Waals surface area (Å²) in [6.07, 6.45) is 8.32. The molecule has 2 aromatic heterocycles. The highest BCUT2D eigenvalue weighted by molar-refractivity contribution is 7.18. The van der Waals surface area contributed by atoms with Gasteiger partial charge in [-0.05, 0) is 25.8 Å². The lowest BCUT2D eigenvalue weighted by atomic mass is 9.77. The highest BCUT2D eigenvalue weighted by Gasteiger charge is 2.36. The molecule has 5 heteroatoms. The van der Waals surface area contributed by atoms with E-state index in [1.54, 1.807) is 23.7 Å². The predicted molar refractivity (Wildman–Crippen MR) is 73.9 cm³/mol. The van der Waals surface area contributed by atoms with E-state index in [4.69, 9.17) is 4.98 Å². The first-order valence-electron chi connectivity index (χ1n) is 6.63. The summed E-state index contributed by atoms with van der Waals surface area (Å²) >= 11 is 1.72. The molecule has 1 unspecified atom stereocenters. The Morgan fingerprint density at radius 3 is 3.00 bits per heavy atom. The lowest BCUT2D eigenvalue weighted by Crippen LogP contribution is -2.43. The molecule has 1 fully saturated rings. The monoisotopic (exact) mass is 262 g/mol. The lowest BCUT2D eigenvalue weighted by molar-refractivity contribution is 0.290. The number of aromatic nitrogens is 3. The SMILES string of the molecule is CCCC1(c2nc3nccnc3s2)CCCNC1. The van der Waals surface area contributed by atoms with Gasteiger partial charge in [0, 0.05) is 24.4 Å². The smallest absolute Gasteiger partial charge is 0.189 e. The predicted octanol–water partition coefficient (Wildman–Crippen LogP) is 2.51. The molecule has 0 aliphatic carbocycles. The molecule has 1 saturated heterocycles. The van der Waals surface area contributed by atoms with Crippen molar-refractivity contribution in [2.24, 2.45) is 0 Å². The number of rotatable bonds is 3. The summed E-state index contributed by atoms with van der Waals surface area (Å²) in [5, 5.41) is 4.75. The zero-order valence-corrected chi connectivity index (χ0v) is 11.5. The molecular weight excluding hydrogens is 244 g/mol. The minimum absolute atomic E-state index is 0.208. The number of hydrogen-bond acceptors (Lipinski definition) is 5. The van der Waals surface area contributed by atoms with Gasteiger partial charge in [0.05, 0.1) is 0 Å². The Morgan fingerprint density at radius 2 is 2.28 bits per heavy atom. The van der Waals surface area contributed by atoms with Crippen LogP contribution in [0.4, 0.5) is 0 Å². The molecule has 18 heavy (non-hydrogen) atoms. The number of nitrogens with zero attached hydrogens (tertiary/aromatic N) is 3. The normalized spacial score (nSPS) is 24.5. The number of fused-ring (bicyclic) bond motifs is 1. The average molecular weight is 262 g/mol. The van der Waals surface area contributed by atoms with Crippen molar-refractivity contribution in [3.8, 4) is 0 Å². The summed E-state index contributed by atoms with van der Waals surface area (Å²) in [5.74, 6) is 0. The van der Waals surface area contributed by atoms with Gasteiger partial charge in [-0.2, -0.15) is 0 Å². The van der Waals surface area contributed by atoms with Crippen LogP contribution < -0.4 is 5.32 Å². The molecule has 3 rings (SSSR count). The van der Waals surface area contributed by atoms with Gasteiger partial charge in [-0.3, -0.25) is 0 Å². The van der Waals surface area contributed by atoms with Crippen LogP contribution in [-0.2, 0) is 5.41 Å². The van der Waals surface area contributed by atoms with Crippen molar-refractivity contribution in [2.45, 2.75) is 38.0 Å². The van der Waals surface area contributed by atoms with Crippen LogP contribution >= 0.6 is 11.3 Å². The van der Waals surface area contributed by atoms with Crippen molar-refractivity contribution >= 4 is 21.8 Å². The maximum absolute atomic E-state index is 4.73. The zero-order valence-electron chi connectivity index (χ0n) is 10.6. The quantitative estimate of drug-likeness (QED) is 0.923. The summed E-state index contributed by atoms with van der Waals surface area (Å²) in [6.45, 7) is 4.42. The first kappa shape index (κ1) is 12.0. The molecule has 0 radical (unpaired) electrons. The van der Waals surface area contributed by atoms with E-state index in [0.29, 0.717) is 0 Å². The molecule has 0 saturated carbocycles. The van der Waals surface area contributed by atoms with Crippen LogP contribution in [-0.4, -0.2) is 28.0 Å². The van der Waals surface area contributed by atoms with Crippen molar-refractivity contribution < 1.29 is 0 Å². The van der Waals surface area contributed by atoms with Crippen molar-refractivity contribution in [2.75, 3.05) is 13.1 Å². The molecule has 0 aromatic carbocycles. The number of nitrogens with one attached hydrogen (secondary N) is 1. The Morgan fingerprint density at radius 1 is 1.39 bits per heavy atom. The highest BCUT2D eigenvalue weighted by Crippen LogP contribution is 2.38. The van der Waals surface area contributed by atoms with Gasteiger partial charge in [-0.1, -0.05) is 24.7 Å². The lowest BCUT2D eigenvalue weighted by Gasteiger charge is -2.35. The second-order valence-electron chi connectivity index (χ2n) is 5.01. The maximum Gasteiger partial charge on any atom is 0.189 e. The third kappa shape index (κ3) is 2.01. The van der Waals surface area contributed by atoms with Crippen LogP contribution in [0.2, 0.25) is 0 Å². The Balaban J connectivity index is 2.03. The first-order valence-corrected chi connectivity index (χ1v) is 7.44. The molecule has 0 spiro atoms. The fraction of sp³-hybridized carbons (Fsp3) is 0.615. The van der Waals surface area contributed by atoms with Gasteiger partial charge >= 0.3 is 0 Å². The maximum atomic E-state index is 4.73. The first-order chi connectivity index (χ1) is 8.84. The Labute approximate surface area is 111 Å². The van der Waals surface area contributed by atoms with Gasteiger partial charge in [0.15, 0.2) is 10.5 Å². The molecule has 1 aliphatic rings. The van der Waals surface area contributed by atoms with Crippen LogP contribution in [0.5, 0.6) is 0 Å². The Hall–Kier alpha value is -1.07. The van der Waals surface area contributed by atoms with Crippen LogP contribution in [0.1, 0.15) is 37.6 Å². The minimum Gasteiger partial charge on any atom is -0.316 e. The third-order valence-corrected chi connectivity index (χ3v) is 4.90. The topological polar surface area (TPSA) is 50.7 Å². The molecule has 2 aromatic rings. The van der Waals surface area contributed by atoms with E-state index in [0.717, 1.165) is 23.6 Å². The molecule has 0 bridgehead atoms. The van der Waals surface area contributed by atoms with E-state index in [9.17, 15) is 0 Å². The van der Waals surface area contributed by atoms with E-state index in [2.05, 4.69) is 22.2 Å². The zero-order chi connectivity index (χ0) is 12.4. The van der Waals surface area contributed by atoms with E-state index in [1.807, 2.05) is 0 Å². The largest absolute Gasteiger partial charge is 0.316 e. The van der Waals surface area contributed by atoms with Gasteiger partial charge in [0.1, 0.15) is 5.01 Å². The van der Waals surface area contributed by atoms with Gasteiger partial charge in [-0.25, -0.2) is 15.0 Å². The molecule has 1 N–H and O–H groups in total. The molecule has 1 aliphatic heterocycles. The van der Waals surface area contributed by atoms with E-state index in [-0.39, 0.29) is 5.41 Å². The Kier molecular flexibility index (Phi) is 3.26. The molecule has 0 amide bonds. The van der Waals surface area contributed by atoms with Crippen LogP contribution in [0.3, 0.4) is 0 Å². The van der Waals surface area contributed by atoms with E-state index >= 15 is 0 Å². The number of piperidine rings is 1. The number of thiazole rings is 1. The molecule has 3 heterocycles. The second-order valence-corrected chi connectivity index (χ2v) is 5.99. The molecule has 96 valence electrons. The van der Waals surface area contributed by atoms with Crippen molar-refractivity contribution in [1.29, 1.82) is 0 Å². The third-order valence-electron chi connectivity index (χ3n) is 3.70. The van der Waals surface area contributed by atoms with E-state index in [1.165, 1.54) is 30.7 Å². The van der Waals surface area contributed by atoms with Crippen molar-refractivity contribution in [3.63, 3.8) is 0 Å². The van der Waals surface area contributed by atoms with Gasteiger partial charge in [0.25, 0.3) is 0 Å². The molecule has 1 atom stereocenters. The van der Waals surface area contributed by atoms with Gasteiger partial charge in [0.2, 0.25) is 0 Å². The molecular formula is C13H18N4S. The van der Waals surface area contributed by atoms with Crippen molar-refractivity contribution in [1.82, 2.24) is 20.3 Å².